The van der Waals surface area contributed by atoms with Gasteiger partial charge in [-0.1, -0.05) is 11.6 Å². The molecule has 154 valence electrons. The van der Waals surface area contributed by atoms with Gasteiger partial charge >= 0.3 is 0 Å². The summed E-state index contributed by atoms with van der Waals surface area (Å²) in [5.74, 6) is 1.44. The Balaban J connectivity index is 1.28. The van der Waals surface area contributed by atoms with Crippen LogP contribution in [0.25, 0.3) is 0 Å². The fourth-order valence-corrected chi connectivity index (χ4v) is 4.71. The second-order valence-electron chi connectivity index (χ2n) is 8.36. The topological polar surface area (TPSA) is 57.7 Å². The number of nitrogens with one attached hydrogen (secondary N) is 1. The Morgan fingerprint density at radius 1 is 1.18 bits per heavy atom. The van der Waals surface area contributed by atoms with Crippen molar-refractivity contribution in [2.75, 3.05) is 51.3 Å². The number of aromatic nitrogens is 1. The van der Waals surface area contributed by atoms with Crippen LogP contribution < -0.4 is 5.32 Å². The number of halogens is 1. The number of carbonyl (C=O) groups excluding carboxylic acids is 1. The fourth-order valence-electron chi connectivity index (χ4n) is 4.49. The number of piperidine rings is 2. The average molecular weight is 407 g/mol. The van der Waals surface area contributed by atoms with E-state index < -0.39 is 0 Å². The van der Waals surface area contributed by atoms with Gasteiger partial charge in [0, 0.05) is 51.6 Å². The van der Waals surface area contributed by atoms with Crippen LogP contribution in [0, 0.1) is 5.92 Å². The number of nitrogens with zero attached hydrogens (tertiary/aromatic N) is 3. The molecular weight excluding hydrogens is 376 g/mol. The molecule has 3 aliphatic heterocycles. The molecule has 3 fully saturated rings. The van der Waals surface area contributed by atoms with Crippen molar-refractivity contribution in [3.63, 3.8) is 0 Å². The highest BCUT2D eigenvalue weighted by molar-refractivity contribution is 6.33. The molecule has 3 saturated heterocycles. The number of amides is 1. The Morgan fingerprint density at radius 3 is 2.64 bits per heavy atom. The summed E-state index contributed by atoms with van der Waals surface area (Å²) in [7, 11) is 0. The van der Waals surface area contributed by atoms with Crippen molar-refractivity contribution in [3.05, 3.63) is 22.8 Å². The molecule has 7 heteroatoms. The van der Waals surface area contributed by atoms with E-state index in [1.165, 1.54) is 12.8 Å². The molecule has 3 aliphatic rings. The number of carbonyl (C=O) groups is 1. The van der Waals surface area contributed by atoms with Gasteiger partial charge in [0.15, 0.2) is 0 Å². The molecule has 0 spiro atoms. The molecule has 1 unspecified atom stereocenters. The quantitative estimate of drug-likeness (QED) is 0.813. The van der Waals surface area contributed by atoms with Gasteiger partial charge in [0.2, 0.25) is 0 Å². The van der Waals surface area contributed by atoms with Crippen LogP contribution in [-0.2, 0) is 4.74 Å². The van der Waals surface area contributed by atoms with Crippen LogP contribution >= 0.6 is 11.6 Å². The van der Waals surface area contributed by atoms with Gasteiger partial charge in [-0.15, -0.1) is 0 Å². The maximum Gasteiger partial charge on any atom is 0.255 e. The van der Waals surface area contributed by atoms with Gasteiger partial charge in [-0.05, 0) is 50.5 Å². The van der Waals surface area contributed by atoms with E-state index in [0.717, 1.165) is 71.6 Å². The molecule has 0 aliphatic carbocycles. The first-order valence-corrected chi connectivity index (χ1v) is 11.1. The minimum atomic E-state index is 0.0462. The first-order chi connectivity index (χ1) is 13.7. The fraction of sp³-hybridized carbons (Fsp3) is 0.714. The van der Waals surface area contributed by atoms with Crippen LogP contribution in [-0.4, -0.2) is 72.7 Å². The van der Waals surface area contributed by atoms with Crippen molar-refractivity contribution >= 4 is 23.3 Å². The van der Waals surface area contributed by atoms with Gasteiger partial charge in [0.1, 0.15) is 5.82 Å². The van der Waals surface area contributed by atoms with Crippen molar-refractivity contribution in [1.29, 1.82) is 0 Å². The number of anilines is 1. The van der Waals surface area contributed by atoms with E-state index >= 15 is 0 Å². The highest BCUT2D eigenvalue weighted by atomic mass is 35.5. The van der Waals surface area contributed by atoms with Crippen LogP contribution in [0.1, 0.15) is 48.9 Å². The predicted molar refractivity (Wildman–Crippen MR) is 111 cm³/mol. The molecule has 4 heterocycles. The van der Waals surface area contributed by atoms with E-state index in [1.807, 2.05) is 4.90 Å². The van der Waals surface area contributed by atoms with Crippen LogP contribution in [0.4, 0.5) is 5.82 Å². The van der Waals surface area contributed by atoms with Gasteiger partial charge in [-0.2, -0.15) is 0 Å². The van der Waals surface area contributed by atoms with E-state index in [-0.39, 0.29) is 5.91 Å². The summed E-state index contributed by atoms with van der Waals surface area (Å²) in [6.07, 6.45) is 8.40. The largest absolute Gasteiger partial charge is 0.381 e. The number of rotatable bonds is 5. The van der Waals surface area contributed by atoms with E-state index in [0.29, 0.717) is 28.4 Å². The number of hydrogen-bond donors (Lipinski definition) is 1. The predicted octanol–water partition coefficient (Wildman–Crippen LogP) is 3.27. The molecule has 0 radical (unpaired) electrons. The maximum absolute atomic E-state index is 12.6. The monoisotopic (exact) mass is 406 g/mol. The SMILES string of the molecule is O=C(c1cnc(NC2CCN(CC3CCOC3)CC2)c(Cl)c1)N1CCCCC1. The summed E-state index contributed by atoms with van der Waals surface area (Å²) >= 11 is 6.45. The molecule has 1 N–H and O–H groups in total. The molecule has 1 aromatic heterocycles. The standard InChI is InChI=1S/C21H31ClN4O2/c22-19-12-17(21(27)26-7-2-1-3-8-26)13-23-20(19)24-18-4-9-25(10-5-18)14-16-6-11-28-15-16/h12-13,16,18H,1-11,14-15H2,(H,23,24). The Kier molecular flexibility index (Phi) is 6.70. The molecule has 4 rings (SSSR count). The number of likely N-dealkylation sites (tertiary alicyclic amines) is 2. The second kappa shape index (κ2) is 9.42. The third-order valence-electron chi connectivity index (χ3n) is 6.20. The smallest absolute Gasteiger partial charge is 0.255 e. The van der Waals surface area contributed by atoms with Crippen molar-refractivity contribution in [3.8, 4) is 0 Å². The van der Waals surface area contributed by atoms with E-state index in [4.69, 9.17) is 16.3 Å². The van der Waals surface area contributed by atoms with Crippen LogP contribution in [0.3, 0.4) is 0 Å². The summed E-state index contributed by atoms with van der Waals surface area (Å²) in [6, 6.07) is 2.15. The maximum atomic E-state index is 12.6. The highest BCUT2D eigenvalue weighted by Gasteiger charge is 2.25. The van der Waals surface area contributed by atoms with E-state index in [9.17, 15) is 4.79 Å². The molecule has 0 saturated carbocycles. The molecule has 0 bridgehead atoms. The molecule has 1 amide bonds. The zero-order chi connectivity index (χ0) is 19.3. The van der Waals surface area contributed by atoms with Gasteiger partial charge in [-0.3, -0.25) is 4.79 Å². The number of ether oxygens (including phenoxy) is 1. The average Bonchev–Trinajstić information content (AvgIpc) is 3.24. The summed E-state index contributed by atoms with van der Waals surface area (Å²) in [5, 5.41) is 4.03. The highest BCUT2D eigenvalue weighted by Crippen LogP contribution is 2.25. The third-order valence-corrected chi connectivity index (χ3v) is 6.49. The Hall–Kier alpha value is -1.37. The summed E-state index contributed by atoms with van der Waals surface area (Å²) in [4.78, 5) is 21.6. The number of pyridine rings is 1. The van der Waals surface area contributed by atoms with Crippen molar-refractivity contribution < 1.29 is 9.53 Å². The van der Waals surface area contributed by atoms with Crippen LogP contribution in [0.2, 0.25) is 5.02 Å². The summed E-state index contributed by atoms with van der Waals surface area (Å²) in [5.41, 5.74) is 0.589. The number of hydrogen-bond acceptors (Lipinski definition) is 5. The van der Waals surface area contributed by atoms with Crippen LogP contribution in [0.15, 0.2) is 12.3 Å². The van der Waals surface area contributed by atoms with E-state index in [2.05, 4.69) is 15.2 Å². The lowest BCUT2D eigenvalue weighted by molar-refractivity contribution is 0.0724. The van der Waals surface area contributed by atoms with Gasteiger partial charge in [0.05, 0.1) is 17.2 Å². The van der Waals surface area contributed by atoms with Gasteiger partial charge in [-0.25, -0.2) is 4.98 Å². The second-order valence-corrected chi connectivity index (χ2v) is 8.76. The van der Waals surface area contributed by atoms with Gasteiger partial charge < -0.3 is 19.9 Å². The lowest BCUT2D eigenvalue weighted by atomic mass is 10.0. The summed E-state index contributed by atoms with van der Waals surface area (Å²) < 4.78 is 5.49. The molecule has 0 aromatic carbocycles. The summed E-state index contributed by atoms with van der Waals surface area (Å²) in [6.45, 7) is 6.85. The lowest BCUT2D eigenvalue weighted by Crippen LogP contribution is -2.41. The first kappa shape index (κ1) is 19.9. The Labute approximate surface area is 172 Å². The van der Waals surface area contributed by atoms with E-state index in [1.54, 1.807) is 12.3 Å². The molecule has 6 nitrogen and oxygen atoms in total. The Bertz CT molecular complexity index is 666. The van der Waals surface area contributed by atoms with Crippen LogP contribution in [0.5, 0.6) is 0 Å². The molecule has 1 atom stereocenters. The molecule has 28 heavy (non-hydrogen) atoms. The molecule has 1 aromatic rings. The third kappa shape index (κ3) is 4.97. The minimum absolute atomic E-state index is 0.0462. The Morgan fingerprint density at radius 2 is 1.96 bits per heavy atom. The molecular formula is C21H31ClN4O2. The lowest BCUT2D eigenvalue weighted by Gasteiger charge is -2.34. The van der Waals surface area contributed by atoms with Crippen molar-refractivity contribution in [2.45, 2.75) is 44.6 Å². The van der Waals surface area contributed by atoms with Gasteiger partial charge in [0.25, 0.3) is 5.91 Å². The zero-order valence-corrected chi connectivity index (χ0v) is 17.3. The normalized spacial score (nSPS) is 24.5. The zero-order valence-electron chi connectivity index (χ0n) is 16.5. The van der Waals surface area contributed by atoms with Crippen molar-refractivity contribution in [1.82, 2.24) is 14.8 Å². The first-order valence-electron chi connectivity index (χ1n) is 10.7. The minimum Gasteiger partial charge on any atom is -0.381 e. The van der Waals surface area contributed by atoms with Crippen molar-refractivity contribution in [2.24, 2.45) is 5.92 Å².